The van der Waals surface area contributed by atoms with Crippen molar-refractivity contribution in [1.29, 1.82) is 0 Å². The molecule has 4 heteroatoms. The van der Waals surface area contributed by atoms with Gasteiger partial charge in [-0.3, -0.25) is 0 Å². The van der Waals surface area contributed by atoms with Crippen LogP contribution in [0.5, 0.6) is 11.5 Å². The number of nitrogens with zero attached hydrogens (tertiary/aromatic N) is 1. The Labute approximate surface area is 97.2 Å². The van der Waals surface area contributed by atoms with E-state index < -0.39 is 0 Å². The first-order valence-electron chi connectivity index (χ1n) is 5.22. The molecule has 1 heterocycles. The van der Waals surface area contributed by atoms with Gasteiger partial charge in [-0.05, 0) is 12.1 Å². The first-order chi connectivity index (χ1) is 8.25. The Morgan fingerprint density at radius 1 is 0.882 bits per heavy atom. The molecule has 0 bridgehead atoms. The molecule has 0 aliphatic rings. The maximum Gasteiger partial charge on any atom is 0.143 e. The van der Waals surface area contributed by atoms with Gasteiger partial charge in [0.05, 0.1) is 0 Å². The maximum atomic E-state index is 9.67. The number of imidazole rings is 1. The van der Waals surface area contributed by atoms with Gasteiger partial charge in [0, 0.05) is 5.56 Å². The van der Waals surface area contributed by atoms with E-state index in [4.69, 9.17) is 0 Å². The molecule has 0 saturated carbocycles. The highest BCUT2D eigenvalue weighted by atomic mass is 16.3. The molecule has 0 unspecified atom stereocenters. The SMILES string of the molecule is Oc1ccc(O)c2[nH]c(-c3ccccc3)nc12. The van der Waals surface area contributed by atoms with E-state index in [0.29, 0.717) is 16.9 Å². The number of aromatic nitrogens is 2. The van der Waals surface area contributed by atoms with Crippen LogP contribution in [0.15, 0.2) is 42.5 Å². The minimum absolute atomic E-state index is 0.0521. The van der Waals surface area contributed by atoms with Crippen molar-refractivity contribution in [3.8, 4) is 22.9 Å². The number of fused-ring (bicyclic) bond motifs is 1. The fourth-order valence-electron chi connectivity index (χ4n) is 1.80. The summed E-state index contributed by atoms with van der Waals surface area (Å²) in [5, 5.41) is 19.3. The van der Waals surface area contributed by atoms with Gasteiger partial charge >= 0.3 is 0 Å². The van der Waals surface area contributed by atoms with E-state index in [0.717, 1.165) is 5.56 Å². The summed E-state index contributed by atoms with van der Waals surface area (Å²) in [6, 6.07) is 12.4. The van der Waals surface area contributed by atoms with Crippen LogP contribution in [0.2, 0.25) is 0 Å². The van der Waals surface area contributed by atoms with E-state index in [1.807, 2.05) is 30.3 Å². The van der Waals surface area contributed by atoms with Crippen LogP contribution >= 0.6 is 0 Å². The summed E-state index contributed by atoms with van der Waals surface area (Å²) >= 11 is 0. The monoisotopic (exact) mass is 226 g/mol. The van der Waals surface area contributed by atoms with Crippen LogP contribution in [0, 0.1) is 0 Å². The molecule has 84 valence electrons. The van der Waals surface area contributed by atoms with Crippen LogP contribution in [-0.2, 0) is 0 Å². The lowest BCUT2D eigenvalue weighted by atomic mass is 10.2. The zero-order valence-corrected chi connectivity index (χ0v) is 8.88. The Balaban J connectivity index is 2.27. The van der Waals surface area contributed by atoms with E-state index in [-0.39, 0.29) is 11.5 Å². The summed E-state index contributed by atoms with van der Waals surface area (Å²) in [5.74, 6) is 0.751. The molecule has 3 aromatic rings. The molecule has 3 N–H and O–H groups in total. The second kappa shape index (κ2) is 3.52. The van der Waals surface area contributed by atoms with Crippen molar-refractivity contribution in [2.45, 2.75) is 0 Å². The minimum Gasteiger partial charge on any atom is -0.506 e. The normalized spacial score (nSPS) is 10.8. The molecule has 3 rings (SSSR count). The molecule has 0 aliphatic heterocycles. The first-order valence-corrected chi connectivity index (χ1v) is 5.22. The maximum absolute atomic E-state index is 9.67. The summed E-state index contributed by atoms with van der Waals surface area (Å²) in [5.41, 5.74) is 1.73. The van der Waals surface area contributed by atoms with Crippen LogP contribution < -0.4 is 0 Å². The lowest BCUT2D eigenvalue weighted by Crippen LogP contribution is -1.78. The Hall–Kier alpha value is -2.49. The number of aromatic amines is 1. The quantitative estimate of drug-likeness (QED) is 0.559. The number of hydrogen-bond acceptors (Lipinski definition) is 3. The van der Waals surface area contributed by atoms with E-state index in [2.05, 4.69) is 9.97 Å². The average molecular weight is 226 g/mol. The van der Waals surface area contributed by atoms with Crippen LogP contribution in [0.4, 0.5) is 0 Å². The number of hydrogen-bond donors (Lipinski definition) is 3. The van der Waals surface area contributed by atoms with Crippen molar-refractivity contribution >= 4 is 11.0 Å². The van der Waals surface area contributed by atoms with Gasteiger partial charge in [0.15, 0.2) is 0 Å². The van der Waals surface area contributed by atoms with E-state index in [9.17, 15) is 10.2 Å². The number of aromatic hydroxyl groups is 2. The predicted octanol–water partition coefficient (Wildman–Crippen LogP) is 2.64. The largest absolute Gasteiger partial charge is 0.506 e. The van der Waals surface area contributed by atoms with Crippen LogP contribution in [-0.4, -0.2) is 20.2 Å². The van der Waals surface area contributed by atoms with Crippen LogP contribution in [0.3, 0.4) is 0 Å². The third-order valence-electron chi connectivity index (χ3n) is 2.65. The minimum atomic E-state index is 0.0521. The molecule has 0 atom stereocenters. The molecule has 0 aliphatic carbocycles. The molecule has 2 aromatic carbocycles. The highest BCUT2D eigenvalue weighted by molar-refractivity contribution is 5.89. The number of benzene rings is 2. The molecule has 0 saturated heterocycles. The van der Waals surface area contributed by atoms with Gasteiger partial charge in [-0.1, -0.05) is 30.3 Å². The summed E-state index contributed by atoms with van der Waals surface area (Å²) in [6.45, 7) is 0. The van der Waals surface area contributed by atoms with E-state index in [1.165, 1.54) is 12.1 Å². The van der Waals surface area contributed by atoms with Gasteiger partial charge in [0.25, 0.3) is 0 Å². The fourth-order valence-corrected chi connectivity index (χ4v) is 1.80. The smallest absolute Gasteiger partial charge is 0.143 e. The molecule has 17 heavy (non-hydrogen) atoms. The van der Waals surface area contributed by atoms with Crippen molar-refractivity contribution in [2.75, 3.05) is 0 Å². The summed E-state index contributed by atoms with van der Waals surface area (Å²) in [6.07, 6.45) is 0. The lowest BCUT2D eigenvalue weighted by Gasteiger charge is -1.94. The molecule has 0 radical (unpaired) electrons. The molecule has 1 aromatic heterocycles. The number of phenolic OH excluding ortho intramolecular Hbond substituents is 2. The van der Waals surface area contributed by atoms with Gasteiger partial charge in [-0.15, -0.1) is 0 Å². The fraction of sp³-hybridized carbons (Fsp3) is 0. The van der Waals surface area contributed by atoms with Crippen molar-refractivity contribution in [3.05, 3.63) is 42.5 Å². The van der Waals surface area contributed by atoms with Gasteiger partial charge in [0.2, 0.25) is 0 Å². The molecule has 0 amide bonds. The average Bonchev–Trinajstić information content (AvgIpc) is 2.81. The van der Waals surface area contributed by atoms with Crippen molar-refractivity contribution in [2.24, 2.45) is 0 Å². The van der Waals surface area contributed by atoms with Gasteiger partial charge in [0.1, 0.15) is 28.4 Å². The van der Waals surface area contributed by atoms with Crippen molar-refractivity contribution in [1.82, 2.24) is 9.97 Å². The van der Waals surface area contributed by atoms with E-state index >= 15 is 0 Å². The number of phenols is 2. The molecule has 0 spiro atoms. The van der Waals surface area contributed by atoms with Gasteiger partial charge in [-0.25, -0.2) is 4.98 Å². The Kier molecular flexibility index (Phi) is 2.01. The highest BCUT2D eigenvalue weighted by Crippen LogP contribution is 2.31. The Morgan fingerprint density at radius 2 is 1.59 bits per heavy atom. The lowest BCUT2D eigenvalue weighted by molar-refractivity contribution is 0.468. The number of H-pyrrole nitrogens is 1. The molecule has 0 fully saturated rings. The first kappa shape index (κ1) is 9.72. The van der Waals surface area contributed by atoms with Gasteiger partial charge < -0.3 is 15.2 Å². The topological polar surface area (TPSA) is 69.1 Å². The second-order valence-electron chi connectivity index (χ2n) is 3.78. The Bertz CT molecular complexity index is 635. The van der Waals surface area contributed by atoms with Crippen LogP contribution in [0.25, 0.3) is 22.4 Å². The zero-order valence-electron chi connectivity index (χ0n) is 8.88. The standard InChI is InChI=1S/C13H10N2O2/c16-9-6-7-10(17)12-11(9)14-13(15-12)8-4-2-1-3-5-8/h1-7,16-17H,(H,14,15). The highest BCUT2D eigenvalue weighted by Gasteiger charge is 2.11. The van der Waals surface area contributed by atoms with E-state index in [1.54, 1.807) is 0 Å². The summed E-state index contributed by atoms with van der Waals surface area (Å²) < 4.78 is 0. The Morgan fingerprint density at radius 3 is 2.29 bits per heavy atom. The van der Waals surface area contributed by atoms with Crippen molar-refractivity contribution < 1.29 is 10.2 Å². The third-order valence-corrected chi connectivity index (χ3v) is 2.65. The number of nitrogens with one attached hydrogen (secondary N) is 1. The van der Waals surface area contributed by atoms with Gasteiger partial charge in [-0.2, -0.15) is 0 Å². The molecular formula is C13H10N2O2. The second-order valence-corrected chi connectivity index (χ2v) is 3.78. The predicted molar refractivity (Wildman–Crippen MR) is 64.9 cm³/mol. The molecule has 4 nitrogen and oxygen atoms in total. The molecular weight excluding hydrogens is 216 g/mol. The van der Waals surface area contributed by atoms with Crippen molar-refractivity contribution in [3.63, 3.8) is 0 Å². The summed E-state index contributed by atoms with van der Waals surface area (Å²) in [7, 11) is 0. The third kappa shape index (κ3) is 1.50. The number of rotatable bonds is 1. The zero-order chi connectivity index (χ0) is 11.8. The van der Waals surface area contributed by atoms with Crippen LogP contribution in [0.1, 0.15) is 0 Å². The summed E-state index contributed by atoms with van der Waals surface area (Å²) in [4.78, 5) is 7.28.